The fraction of sp³-hybridized carbons (Fsp3) is 0. The quantitative estimate of drug-likeness (QED) is 0.128. The van der Waals surface area contributed by atoms with Crippen molar-refractivity contribution in [3.8, 4) is 56.0 Å². The number of hydrogen-bond acceptors (Lipinski definition) is 2. The Morgan fingerprint density at radius 2 is 0.672 bits per heavy atom. The first-order valence-electron chi connectivity index (χ1n) is 22.0. The van der Waals surface area contributed by atoms with E-state index in [-0.39, 0.29) is 0 Å². The monoisotopic (exact) mass is 810 g/mol. The highest BCUT2D eigenvalue weighted by atomic mass is 14.8. The zero-order chi connectivity index (χ0) is 42.1. The Kier molecular flexibility index (Phi) is 8.25. The molecule has 0 aliphatic carbocycles. The number of nitrogens with zero attached hydrogens (tertiary/aromatic N) is 2. The zero-order valence-corrected chi connectivity index (χ0v) is 34.8. The van der Waals surface area contributed by atoms with Gasteiger partial charge in [-0.3, -0.25) is 4.98 Å². The highest BCUT2D eigenvalue weighted by Crippen LogP contribution is 2.46. The largest absolute Gasteiger partial charge is 0.252 e. The molecular weight excluding hydrogens is 773 g/mol. The molecule has 0 N–H and O–H groups in total. The van der Waals surface area contributed by atoms with Gasteiger partial charge in [0, 0.05) is 16.7 Å². The van der Waals surface area contributed by atoms with Gasteiger partial charge in [-0.15, -0.1) is 0 Å². The van der Waals surface area contributed by atoms with Gasteiger partial charge >= 0.3 is 0 Å². The molecule has 0 saturated carbocycles. The van der Waals surface area contributed by atoms with Crippen LogP contribution in [0.3, 0.4) is 0 Å². The van der Waals surface area contributed by atoms with Crippen LogP contribution in [0.15, 0.2) is 231 Å². The maximum absolute atomic E-state index is 5.26. The molecule has 2 heteroatoms. The van der Waals surface area contributed by atoms with E-state index in [0.717, 1.165) is 39.3 Å². The standard InChI is InChI=1S/C62H38N2/c1-3-15-43(16-4-1)61-62(44-17-5-2-6-18-44)64-56(38-63-61)39-29-31-42(32-30-39)57-51-23-9-11-25-53(51)58(54-26-12-10-24-52(54)57)45-35-36-48-50-28-14-20-41-34-33-40-19-13-27-49(59(40)60(41)50)46-21-7-8-22-47(46)55(48)37-45/h1-38H. The predicted octanol–water partition coefficient (Wildman–Crippen LogP) is 16.9. The normalized spacial score (nSPS) is 11.8. The number of rotatable bonds is 5. The SMILES string of the molecule is c1ccc(-c2ncc(-c3ccc(-c4c5ccccc5c(-c5ccc6c(c5)c5ccccc5c5cccc7ccc8cccc6c8c75)c5ccccc45)cc3)nc2-c2ccccc2)cc1. The molecule has 0 atom stereocenters. The lowest BCUT2D eigenvalue weighted by Gasteiger charge is -2.19. The molecule has 0 bridgehead atoms. The summed E-state index contributed by atoms with van der Waals surface area (Å²) in [6.45, 7) is 0. The van der Waals surface area contributed by atoms with Crippen LogP contribution in [0.5, 0.6) is 0 Å². The summed E-state index contributed by atoms with van der Waals surface area (Å²) in [5.41, 5.74) is 10.5. The lowest BCUT2D eigenvalue weighted by atomic mass is 9.84. The summed E-state index contributed by atoms with van der Waals surface area (Å²) in [5, 5.41) is 17.6. The second-order valence-electron chi connectivity index (χ2n) is 16.8. The molecule has 0 aliphatic heterocycles. The lowest BCUT2D eigenvalue weighted by Crippen LogP contribution is -1.96. The maximum Gasteiger partial charge on any atom is 0.0972 e. The molecule has 0 aliphatic rings. The Bertz CT molecular complexity index is 3930. The van der Waals surface area contributed by atoms with Crippen molar-refractivity contribution < 1.29 is 0 Å². The highest BCUT2D eigenvalue weighted by molar-refractivity contribution is 6.33. The lowest BCUT2D eigenvalue weighted by molar-refractivity contribution is 1.21. The summed E-state index contributed by atoms with van der Waals surface area (Å²) in [6.07, 6.45) is 1.91. The van der Waals surface area contributed by atoms with Gasteiger partial charge in [-0.05, 0) is 104 Å². The Balaban J connectivity index is 1.01. The zero-order valence-electron chi connectivity index (χ0n) is 34.8. The van der Waals surface area contributed by atoms with E-state index in [9.17, 15) is 0 Å². The van der Waals surface area contributed by atoms with E-state index in [1.165, 1.54) is 92.1 Å². The molecule has 13 aromatic rings. The minimum absolute atomic E-state index is 0.840. The summed E-state index contributed by atoms with van der Waals surface area (Å²) in [4.78, 5) is 10.3. The molecule has 296 valence electrons. The molecule has 0 spiro atoms. The van der Waals surface area contributed by atoms with Gasteiger partial charge in [0.15, 0.2) is 0 Å². The van der Waals surface area contributed by atoms with E-state index >= 15 is 0 Å². The molecule has 0 unspecified atom stereocenters. The van der Waals surface area contributed by atoms with E-state index in [1.807, 2.05) is 30.5 Å². The van der Waals surface area contributed by atoms with Crippen LogP contribution < -0.4 is 0 Å². The number of hydrogen-bond donors (Lipinski definition) is 0. The average Bonchev–Trinajstić information content (AvgIpc) is 3.37. The molecule has 2 nitrogen and oxygen atoms in total. The van der Waals surface area contributed by atoms with Crippen LogP contribution in [0.4, 0.5) is 0 Å². The second kappa shape index (κ2) is 14.6. The van der Waals surface area contributed by atoms with E-state index in [4.69, 9.17) is 9.97 Å². The smallest absolute Gasteiger partial charge is 0.0972 e. The van der Waals surface area contributed by atoms with Gasteiger partial charge in [-0.25, -0.2) is 4.98 Å². The van der Waals surface area contributed by atoms with Crippen molar-refractivity contribution in [2.24, 2.45) is 0 Å². The molecule has 12 aromatic carbocycles. The Labute approximate surface area is 370 Å². The molecule has 1 heterocycles. The highest BCUT2D eigenvalue weighted by Gasteiger charge is 2.19. The van der Waals surface area contributed by atoms with Crippen molar-refractivity contribution in [3.05, 3.63) is 231 Å². The van der Waals surface area contributed by atoms with Crippen molar-refractivity contribution in [1.82, 2.24) is 9.97 Å². The van der Waals surface area contributed by atoms with Gasteiger partial charge in [0.2, 0.25) is 0 Å². The van der Waals surface area contributed by atoms with E-state index in [1.54, 1.807) is 0 Å². The molecule has 0 radical (unpaired) electrons. The van der Waals surface area contributed by atoms with Gasteiger partial charge in [0.25, 0.3) is 0 Å². The van der Waals surface area contributed by atoms with Crippen molar-refractivity contribution >= 4 is 75.4 Å². The van der Waals surface area contributed by atoms with Gasteiger partial charge in [0.1, 0.15) is 0 Å². The van der Waals surface area contributed by atoms with Crippen LogP contribution in [0, 0.1) is 0 Å². The fourth-order valence-corrected chi connectivity index (χ4v) is 10.4. The van der Waals surface area contributed by atoms with Gasteiger partial charge in [-0.1, -0.05) is 218 Å². The van der Waals surface area contributed by atoms with Crippen molar-refractivity contribution in [2.75, 3.05) is 0 Å². The molecule has 1 aromatic heterocycles. The molecule has 0 fully saturated rings. The summed E-state index contributed by atoms with van der Waals surface area (Å²) in [6, 6.07) is 81.6. The Morgan fingerprint density at radius 1 is 0.250 bits per heavy atom. The van der Waals surface area contributed by atoms with Crippen molar-refractivity contribution in [3.63, 3.8) is 0 Å². The van der Waals surface area contributed by atoms with Crippen LogP contribution >= 0.6 is 0 Å². The summed E-state index contributed by atoms with van der Waals surface area (Å²) >= 11 is 0. The number of aromatic nitrogens is 2. The average molecular weight is 811 g/mol. The third-order valence-electron chi connectivity index (χ3n) is 13.3. The van der Waals surface area contributed by atoms with Crippen LogP contribution in [-0.2, 0) is 0 Å². The van der Waals surface area contributed by atoms with Crippen molar-refractivity contribution in [1.29, 1.82) is 0 Å². The van der Waals surface area contributed by atoms with E-state index < -0.39 is 0 Å². The van der Waals surface area contributed by atoms with E-state index in [0.29, 0.717) is 0 Å². The van der Waals surface area contributed by atoms with Crippen molar-refractivity contribution in [2.45, 2.75) is 0 Å². The topological polar surface area (TPSA) is 25.8 Å². The summed E-state index contributed by atoms with van der Waals surface area (Å²) < 4.78 is 0. The van der Waals surface area contributed by atoms with Crippen LogP contribution in [0.2, 0.25) is 0 Å². The number of fused-ring (bicyclic) bond motifs is 7. The predicted molar refractivity (Wildman–Crippen MR) is 272 cm³/mol. The third-order valence-corrected chi connectivity index (χ3v) is 13.3. The van der Waals surface area contributed by atoms with Gasteiger partial charge in [0.05, 0.1) is 23.3 Å². The first-order chi connectivity index (χ1) is 31.8. The molecule has 0 saturated heterocycles. The Morgan fingerprint density at radius 3 is 1.23 bits per heavy atom. The van der Waals surface area contributed by atoms with Crippen LogP contribution in [0.1, 0.15) is 0 Å². The number of benzene rings is 11. The minimum atomic E-state index is 0.840. The van der Waals surface area contributed by atoms with Gasteiger partial charge in [-0.2, -0.15) is 0 Å². The second-order valence-corrected chi connectivity index (χ2v) is 16.8. The fourth-order valence-electron chi connectivity index (χ4n) is 10.4. The first kappa shape index (κ1) is 36.2. The third kappa shape index (κ3) is 5.66. The van der Waals surface area contributed by atoms with Crippen LogP contribution in [-0.4, -0.2) is 9.97 Å². The molecule has 13 rings (SSSR count). The Hall–Kier alpha value is -8.46. The molecule has 64 heavy (non-hydrogen) atoms. The first-order valence-corrected chi connectivity index (χ1v) is 22.0. The summed E-state index contributed by atoms with van der Waals surface area (Å²) in [7, 11) is 0. The molecule has 0 amide bonds. The van der Waals surface area contributed by atoms with E-state index in [2.05, 4.69) is 200 Å². The summed E-state index contributed by atoms with van der Waals surface area (Å²) in [5.74, 6) is 0. The van der Waals surface area contributed by atoms with Crippen LogP contribution in [0.25, 0.3) is 131 Å². The molecular formula is C62H38N2. The minimum Gasteiger partial charge on any atom is -0.252 e. The van der Waals surface area contributed by atoms with Gasteiger partial charge < -0.3 is 0 Å². The maximum atomic E-state index is 5.26.